The zero-order valence-electron chi connectivity index (χ0n) is 7.20. The molecule has 0 bridgehead atoms. The van der Waals surface area contributed by atoms with Gasteiger partial charge in [-0.25, -0.2) is 0 Å². The molecule has 4 heteroatoms. The molecule has 0 heterocycles. The third kappa shape index (κ3) is 7.52. The van der Waals surface area contributed by atoms with Crippen LogP contribution in [-0.4, -0.2) is 51.3 Å². The molecule has 0 aliphatic rings. The molecule has 0 saturated heterocycles. The van der Waals surface area contributed by atoms with Crippen LogP contribution in [0, 0.1) is 0 Å². The lowest BCUT2D eigenvalue weighted by atomic mass is 10.9. The van der Waals surface area contributed by atoms with E-state index >= 15 is 0 Å². The molecular weight excluding hydrogens is 128 g/mol. The zero-order valence-corrected chi connectivity index (χ0v) is 7.20. The SMILES string of the molecule is CN(C)C/N=N/CN(C)C. The second-order valence-electron chi connectivity index (χ2n) is 2.73. The molecule has 0 aliphatic heterocycles. The molecule has 0 N–H and O–H groups in total. The predicted molar refractivity (Wildman–Crippen MR) is 42.0 cm³/mol. The van der Waals surface area contributed by atoms with Gasteiger partial charge in [-0.05, 0) is 28.2 Å². The smallest absolute Gasteiger partial charge is 0.112 e. The Labute approximate surface area is 62.5 Å². The maximum atomic E-state index is 3.92. The monoisotopic (exact) mass is 144 g/mol. The Hall–Kier alpha value is -0.480. The van der Waals surface area contributed by atoms with Crippen LogP contribution in [0.5, 0.6) is 0 Å². The van der Waals surface area contributed by atoms with Gasteiger partial charge in [0.1, 0.15) is 13.3 Å². The van der Waals surface area contributed by atoms with Crippen LogP contribution in [0.3, 0.4) is 0 Å². The summed E-state index contributed by atoms with van der Waals surface area (Å²) in [6.45, 7) is 1.35. The second-order valence-corrected chi connectivity index (χ2v) is 2.73. The van der Waals surface area contributed by atoms with Gasteiger partial charge in [0.25, 0.3) is 0 Å². The zero-order chi connectivity index (χ0) is 7.98. The van der Waals surface area contributed by atoms with E-state index in [0.29, 0.717) is 13.3 Å². The molecule has 0 unspecified atom stereocenters. The summed E-state index contributed by atoms with van der Waals surface area (Å²) in [6.07, 6.45) is 0. The molecule has 10 heavy (non-hydrogen) atoms. The molecule has 0 aromatic carbocycles. The quantitative estimate of drug-likeness (QED) is 0.537. The summed E-state index contributed by atoms with van der Waals surface area (Å²) in [5.41, 5.74) is 0. The van der Waals surface area contributed by atoms with Gasteiger partial charge in [0.05, 0.1) is 0 Å². The Bertz CT molecular complexity index is 85.9. The molecule has 0 aromatic heterocycles. The van der Waals surface area contributed by atoms with Crippen molar-refractivity contribution in [1.82, 2.24) is 9.80 Å². The minimum absolute atomic E-state index is 0.674. The number of hydrogen-bond acceptors (Lipinski definition) is 4. The first-order chi connectivity index (χ1) is 4.63. The van der Waals surface area contributed by atoms with Crippen LogP contribution in [0.25, 0.3) is 0 Å². The Balaban J connectivity index is 3.20. The van der Waals surface area contributed by atoms with Crippen molar-refractivity contribution in [1.29, 1.82) is 0 Å². The van der Waals surface area contributed by atoms with Crippen molar-refractivity contribution >= 4 is 0 Å². The van der Waals surface area contributed by atoms with E-state index in [-0.39, 0.29) is 0 Å². The largest absolute Gasteiger partial charge is 0.289 e. The lowest BCUT2D eigenvalue weighted by molar-refractivity contribution is 0.382. The van der Waals surface area contributed by atoms with Gasteiger partial charge in [0.2, 0.25) is 0 Å². The van der Waals surface area contributed by atoms with Crippen LogP contribution >= 0.6 is 0 Å². The van der Waals surface area contributed by atoms with E-state index in [9.17, 15) is 0 Å². The summed E-state index contributed by atoms with van der Waals surface area (Å²) in [7, 11) is 7.87. The predicted octanol–water partition coefficient (Wildman–Crippen LogP) is 0.477. The summed E-state index contributed by atoms with van der Waals surface area (Å²) in [5, 5.41) is 7.84. The van der Waals surface area contributed by atoms with E-state index in [1.165, 1.54) is 0 Å². The van der Waals surface area contributed by atoms with Gasteiger partial charge in [-0.3, -0.25) is 9.80 Å². The third-order valence-electron chi connectivity index (χ3n) is 0.792. The van der Waals surface area contributed by atoms with Gasteiger partial charge < -0.3 is 0 Å². The topological polar surface area (TPSA) is 31.2 Å². The normalized spacial score (nSPS) is 12.2. The number of rotatable bonds is 4. The van der Waals surface area contributed by atoms with Crippen LogP contribution in [0.2, 0.25) is 0 Å². The summed E-state index contributed by atoms with van der Waals surface area (Å²) in [6, 6.07) is 0. The minimum atomic E-state index is 0.674. The molecule has 0 aromatic rings. The van der Waals surface area contributed by atoms with Crippen LogP contribution < -0.4 is 0 Å². The fourth-order valence-electron chi connectivity index (χ4n) is 0.342. The molecule has 0 radical (unpaired) electrons. The fourth-order valence-corrected chi connectivity index (χ4v) is 0.342. The van der Waals surface area contributed by atoms with E-state index < -0.39 is 0 Å². The molecule has 0 spiro atoms. The molecule has 4 nitrogen and oxygen atoms in total. The Morgan fingerprint density at radius 2 is 1.10 bits per heavy atom. The Morgan fingerprint density at radius 3 is 1.30 bits per heavy atom. The summed E-state index contributed by atoms with van der Waals surface area (Å²) in [5.74, 6) is 0. The van der Waals surface area contributed by atoms with E-state index in [1.807, 2.05) is 38.0 Å². The van der Waals surface area contributed by atoms with E-state index in [0.717, 1.165) is 0 Å². The first-order valence-electron chi connectivity index (χ1n) is 3.25. The summed E-state index contributed by atoms with van der Waals surface area (Å²) >= 11 is 0. The number of azo groups is 1. The van der Waals surface area contributed by atoms with E-state index in [2.05, 4.69) is 10.2 Å². The average Bonchev–Trinajstić information content (AvgIpc) is 1.79. The first-order valence-corrected chi connectivity index (χ1v) is 3.25. The average molecular weight is 144 g/mol. The second kappa shape index (κ2) is 5.32. The Morgan fingerprint density at radius 1 is 0.800 bits per heavy atom. The van der Waals surface area contributed by atoms with Crippen molar-refractivity contribution in [3.63, 3.8) is 0 Å². The summed E-state index contributed by atoms with van der Waals surface area (Å²) < 4.78 is 0. The third-order valence-corrected chi connectivity index (χ3v) is 0.792. The van der Waals surface area contributed by atoms with Crippen molar-refractivity contribution < 1.29 is 0 Å². The molecule has 0 atom stereocenters. The van der Waals surface area contributed by atoms with Crippen LogP contribution in [0.1, 0.15) is 0 Å². The maximum absolute atomic E-state index is 3.92. The van der Waals surface area contributed by atoms with Gasteiger partial charge in [-0.15, -0.1) is 0 Å². The van der Waals surface area contributed by atoms with Crippen LogP contribution in [0.4, 0.5) is 0 Å². The van der Waals surface area contributed by atoms with Gasteiger partial charge in [0, 0.05) is 0 Å². The minimum Gasteiger partial charge on any atom is -0.289 e. The van der Waals surface area contributed by atoms with Crippen molar-refractivity contribution in [2.75, 3.05) is 41.5 Å². The lowest BCUT2D eigenvalue weighted by Gasteiger charge is -2.04. The highest BCUT2D eigenvalue weighted by molar-refractivity contribution is 4.36. The lowest BCUT2D eigenvalue weighted by Crippen LogP contribution is -2.13. The van der Waals surface area contributed by atoms with Crippen LogP contribution in [-0.2, 0) is 0 Å². The molecular formula is C6H16N4. The number of hydrogen-bond donors (Lipinski definition) is 0. The van der Waals surface area contributed by atoms with Crippen molar-refractivity contribution in [2.24, 2.45) is 10.2 Å². The van der Waals surface area contributed by atoms with Crippen molar-refractivity contribution in [2.45, 2.75) is 0 Å². The first kappa shape index (κ1) is 9.52. The molecule has 0 aliphatic carbocycles. The fraction of sp³-hybridized carbons (Fsp3) is 1.00. The standard InChI is InChI=1S/C6H16N4/c1-9(2)5-7-8-6-10(3)4/h5-6H2,1-4H3/b8-7+. The van der Waals surface area contributed by atoms with Crippen molar-refractivity contribution in [3.05, 3.63) is 0 Å². The molecule has 60 valence electrons. The van der Waals surface area contributed by atoms with Crippen molar-refractivity contribution in [3.8, 4) is 0 Å². The van der Waals surface area contributed by atoms with Gasteiger partial charge in [-0.2, -0.15) is 10.2 Å². The highest BCUT2D eigenvalue weighted by Gasteiger charge is 1.84. The summed E-state index contributed by atoms with van der Waals surface area (Å²) in [4.78, 5) is 3.94. The van der Waals surface area contributed by atoms with E-state index in [4.69, 9.17) is 0 Å². The molecule has 0 saturated carbocycles. The highest BCUT2D eigenvalue weighted by Crippen LogP contribution is 1.80. The molecule has 0 fully saturated rings. The van der Waals surface area contributed by atoms with Crippen LogP contribution in [0.15, 0.2) is 10.2 Å². The van der Waals surface area contributed by atoms with Gasteiger partial charge in [0.15, 0.2) is 0 Å². The molecule has 0 rings (SSSR count). The number of nitrogens with zero attached hydrogens (tertiary/aromatic N) is 4. The maximum Gasteiger partial charge on any atom is 0.112 e. The molecule has 0 amide bonds. The highest BCUT2D eigenvalue weighted by atomic mass is 15.3. The van der Waals surface area contributed by atoms with Gasteiger partial charge >= 0.3 is 0 Å². The van der Waals surface area contributed by atoms with E-state index in [1.54, 1.807) is 0 Å². The Kier molecular flexibility index (Phi) is 5.06. The van der Waals surface area contributed by atoms with Gasteiger partial charge in [-0.1, -0.05) is 0 Å².